The highest BCUT2D eigenvalue weighted by Gasteiger charge is 2.36. The second-order valence-electron chi connectivity index (χ2n) is 6.94. The molecule has 2 heteroatoms. The first-order valence-corrected chi connectivity index (χ1v) is 8.76. The number of rotatable bonds is 3. The van der Waals surface area contributed by atoms with E-state index in [-0.39, 0.29) is 0 Å². The van der Waals surface area contributed by atoms with Crippen LogP contribution in [0.15, 0.2) is 54.6 Å². The van der Waals surface area contributed by atoms with Crippen molar-refractivity contribution < 1.29 is 0 Å². The summed E-state index contributed by atoms with van der Waals surface area (Å²) >= 11 is 0. The van der Waals surface area contributed by atoms with Crippen LogP contribution in [-0.2, 0) is 6.54 Å². The van der Waals surface area contributed by atoms with Gasteiger partial charge in [-0.1, -0.05) is 48.5 Å². The van der Waals surface area contributed by atoms with Crippen LogP contribution in [0.4, 0.5) is 0 Å². The lowest BCUT2D eigenvalue weighted by molar-refractivity contribution is 0.203. The van der Waals surface area contributed by atoms with Gasteiger partial charge in [0.15, 0.2) is 0 Å². The van der Waals surface area contributed by atoms with E-state index in [1.807, 2.05) is 12.1 Å². The van der Waals surface area contributed by atoms with Crippen molar-refractivity contribution in [1.29, 1.82) is 5.26 Å². The van der Waals surface area contributed by atoms with E-state index >= 15 is 0 Å². The average molecular weight is 314 g/mol. The van der Waals surface area contributed by atoms with E-state index in [9.17, 15) is 5.26 Å². The second kappa shape index (κ2) is 6.26. The third-order valence-electron chi connectivity index (χ3n) is 5.55. The van der Waals surface area contributed by atoms with Crippen molar-refractivity contribution in [2.24, 2.45) is 0 Å². The van der Waals surface area contributed by atoms with Gasteiger partial charge in [-0.25, -0.2) is 0 Å². The lowest BCUT2D eigenvalue weighted by Crippen LogP contribution is -2.37. The fraction of sp³-hybridized carbons (Fsp3) is 0.318. The summed E-state index contributed by atoms with van der Waals surface area (Å²) in [6.45, 7) is 3.12. The molecule has 2 aromatic carbocycles. The summed E-state index contributed by atoms with van der Waals surface area (Å²) in [5.74, 6) is 0. The molecule has 2 nitrogen and oxygen atoms in total. The lowest BCUT2D eigenvalue weighted by Gasteiger charge is -2.34. The zero-order valence-corrected chi connectivity index (χ0v) is 14.1. The number of benzene rings is 2. The molecule has 0 amide bonds. The molecule has 2 aromatic rings. The van der Waals surface area contributed by atoms with Crippen molar-refractivity contribution in [2.45, 2.75) is 44.8 Å². The van der Waals surface area contributed by atoms with Gasteiger partial charge in [0.05, 0.1) is 11.6 Å². The molecular formula is C22H22N2. The van der Waals surface area contributed by atoms with E-state index in [0.29, 0.717) is 12.1 Å². The number of nitriles is 1. The Bertz CT molecular complexity index is 814. The second-order valence-corrected chi connectivity index (χ2v) is 6.94. The molecule has 0 N–H and O–H groups in total. The van der Waals surface area contributed by atoms with E-state index in [0.717, 1.165) is 24.1 Å². The maximum Gasteiger partial charge on any atom is 0.0994 e. The fourth-order valence-electron chi connectivity index (χ4n) is 4.26. The quantitative estimate of drug-likeness (QED) is 0.822. The topological polar surface area (TPSA) is 27.0 Å². The first-order valence-electron chi connectivity index (χ1n) is 8.76. The van der Waals surface area contributed by atoms with Crippen LogP contribution in [0, 0.1) is 18.3 Å². The smallest absolute Gasteiger partial charge is 0.0994 e. The zero-order valence-electron chi connectivity index (χ0n) is 14.1. The molecule has 2 atom stereocenters. The maximum atomic E-state index is 9.29. The van der Waals surface area contributed by atoms with Gasteiger partial charge in [-0.3, -0.25) is 4.90 Å². The van der Waals surface area contributed by atoms with E-state index in [1.54, 1.807) is 0 Å². The molecule has 0 aliphatic carbocycles. The van der Waals surface area contributed by atoms with Crippen molar-refractivity contribution >= 4 is 5.57 Å². The number of fused-ring (bicyclic) bond motifs is 2. The Hall–Kier alpha value is -2.37. The van der Waals surface area contributed by atoms with Gasteiger partial charge >= 0.3 is 0 Å². The normalized spacial score (nSPS) is 22.9. The number of nitrogens with zero attached hydrogens (tertiary/aromatic N) is 2. The van der Waals surface area contributed by atoms with E-state index in [1.165, 1.54) is 29.5 Å². The summed E-state index contributed by atoms with van der Waals surface area (Å²) in [5.41, 5.74) is 6.02. The van der Waals surface area contributed by atoms with E-state index in [4.69, 9.17) is 0 Å². The number of hydrogen-bond acceptors (Lipinski definition) is 2. The van der Waals surface area contributed by atoms with Crippen LogP contribution in [0.2, 0.25) is 0 Å². The molecule has 2 heterocycles. The molecule has 0 saturated carbocycles. The molecule has 120 valence electrons. The average Bonchev–Trinajstić information content (AvgIpc) is 2.84. The minimum Gasteiger partial charge on any atom is -0.289 e. The predicted molar refractivity (Wildman–Crippen MR) is 97.3 cm³/mol. The van der Waals surface area contributed by atoms with Crippen molar-refractivity contribution in [2.75, 3.05) is 0 Å². The zero-order chi connectivity index (χ0) is 16.5. The largest absolute Gasteiger partial charge is 0.289 e. The molecule has 2 aliphatic rings. The van der Waals surface area contributed by atoms with E-state index < -0.39 is 0 Å². The summed E-state index contributed by atoms with van der Waals surface area (Å²) in [7, 11) is 0. The molecule has 4 rings (SSSR count). The molecule has 2 bridgehead atoms. The first-order chi connectivity index (χ1) is 11.8. The Morgan fingerprint density at radius 2 is 1.92 bits per heavy atom. The summed E-state index contributed by atoms with van der Waals surface area (Å²) in [6.07, 6.45) is 6.07. The van der Waals surface area contributed by atoms with Crippen LogP contribution in [0.5, 0.6) is 0 Å². The van der Waals surface area contributed by atoms with Crippen LogP contribution in [0.3, 0.4) is 0 Å². The third-order valence-corrected chi connectivity index (χ3v) is 5.55. The number of hydrogen-bond donors (Lipinski definition) is 0. The molecule has 24 heavy (non-hydrogen) atoms. The molecule has 0 radical (unpaired) electrons. The molecule has 0 unspecified atom stereocenters. The molecule has 1 saturated heterocycles. The fourth-order valence-corrected chi connectivity index (χ4v) is 4.26. The Morgan fingerprint density at radius 3 is 2.67 bits per heavy atom. The molecular weight excluding hydrogens is 292 g/mol. The first kappa shape index (κ1) is 15.2. The Morgan fingerprint density at radius 1 is 1.08 bits per heavy atom. The SMILES string of the molecule is Cc1c(C#N)cccc1C1=C[C@@H]2CC[C@H](C1)N2Cc1ccccc1. The van der Waals surface area contributed by atoms with Gasteiger partial charge in [-0.2, -0.15) is 5.26 Å². The highest BCUT2D eigenvalue weighted by Crippen LogP contribution is 2.40. The van der Waals surface area contributed by atoms with Crippen LogP contribution in [-0.4, -0.2) is 17.0 Å². The highest BCUT2D eigenvalue weighted by molar-refractivity contribution is 5.72. The molecule has 0 aromatic heterocycles. The highest BCUT2D eigenvalue weighted by atomic mass is 15.2. The van der Waals surface area contributed by atoms with Crippen LogP contribution in [0.25, 0.3) is 5.57 Å². The maximum absolute atomic E-state index is 9.29. The van der Waals surface area contributed by atoms with Gasteiger partial charge < -0.3 is 0 Å². The van der Waals surface area contributed by atoms with Gasteiger partial charge in [-0.15, -0.1) is 0 Å². The predicted octanol–water partition coefficient (Wildman–Crippen LogP) is 4.69. The van der Waals surface area contributed by atoms with E-state index in [2.05, 4.69) is 60.4 Å². The summed E-state index contributed by atoms with van der Waals surface area (Å²) in [6, 6.07) is 20.3. The summed E-state index contributed by atoms with van der Waals surface area (Å²) < 4.78 is 0. The van der Waals surface area contributed by atoms with Gasteiger partial charge in [0.1, 0.15) is 0 Å². The van der Waals surface area contributed by atoms with Crippen LogP contribution < -0.4 is 0 Å². The molecule has 2 aliphatic heterocycles. The minimum absolute atomic E-state index is 0.532. The Labute approximate surface area is 144 Å². The van der Waals surface area contributed by atoms with Crippen molar-refractivity contribution in [3.05, 3.63) is 76.9 Å². The van der Waals surface area contributed by atoms with Crippen LogP contribution >= 0.6 is 0 Å². The lowest BCUT2D eigenvalue weighted by atomic mass is 9.90. The van der Waals surface area contributed by atoms with Gasteiger partial charge in [0.25, 0.3) is 0 Å². The van der Waals surface area contributed by atoms with Gasteiger partial charge in [0, 0.05) is 18.6 Å². The summed E-state index contributed by atoms with van der Waals surface area (Å²) in [5, 5.41) is 9.29. The standard InChI is InChI=1S/C22H22N2/c1-16-18(14-23)8-5-9-22(16)19-12-20-10-11-21(13-19)24(20)15-17-6-3-2-4-7-17/h2-9,12,20-21H,10-11,13,15H2,1H3/t20-,21+/m0/s1. The van der Waals surface area contributed by atoms with Crippen LogP contribution in [0.1, 0.15) is 41.5 Å². The van der Waals surface area contributed by atoms with Crippen molar-refractivity contribution in [3.63, 3.8) is 0 Å². The summed E-state index contributed by atoms with van der Waals surface area (Å²) in [4.78, 5) is 2.66. The Balaban J connectivity index is 1.62. The van der Waals surface area contributed by atoms with Gasteiger partial charge in [0.2, 0.25) is 0 Å². The monoisotopic (exact) mass is 314 g/mol. The van der Waals surface area contributed by atoms with Gasteiger partial charge in [-0.05, 0) is 54.5 Å². The molecule has 1 fully saturated rings. The third kappa shape index (κ3) is 2.66. The van der Waals surface area contributed by atoms with Crippen molar-refractivity contribution in [3.8, 4) is 6.07 Å². The Kier molecular flexibility index (Phi) is 3.96. The van der Waals surface area contributed by atoms with Crippen molar-refractivity contribution in [1.82, 2.24) is 4.90 Å². The molecule has 0 spiro atoms. The minimum atomic E-state index is 0.532.